The molecule has 0 saturated carbocycles. The van der Waals surface area contributed by atoms with Gasteiger partial charge in [-0.1, -0.05) is 6.07 Å². The number of ether oxygens (including phenoxy) is 1. The minimum absolute atomic E-state index is 0.105. The zero-order valence-corrected chi connectivity index (χ0v) is 19.6. The van der Waals surface area contributed by atoms with Crippen LogP contribution in [0.2, 0.25) is 0 Å². The summed E-state index contributed by atoms with van der Waals surface area (Å²) in [5.41, 5.74) is 1.67. The van der Waals surface area contributed by atoms with Crippen molar-refractivity contribution in [2.24, 2.45) is 0 Å². The number of piperazine rings is 1. The Kier molecular flexibility index (Phi) is 6.62. The average molecular weight is 446 g/mol. The molecule has 1 amide bonds. The number of anilines is 1. The van der Waals surface area contributed by atoms with Crippen LogP contribution in [0.15, 0.2) is 47.4 Å². The third-order valence-electron chi connectivity index (χ3n) is 5.19. The minimum Gasteiger partial charge on any atom is -0.497 e. The lowest BCUT2D eigenvalue weighted by Crippen LogP contribution is -2.49. The Morgan fingerprint density at radius 2 is 1.61 bits per heavy atom. The summed E-state index contributed by atoms with van der Waals surface area (Å²) in [5.74, 6) is 0.670. The monoisotopic (exact) mass is 445 g/mol. The number of rotatable bonds is 5. The van der Waals surface area contributed by atoms with Crippen LogP contribution in [0.5, 0.6) is 5.75 Å². The smallest absolute Gasteiger partial charge is 0.254 e. The highest BCUT2D eigenvalue weighted by molar-refractivity contribution is 7.89. The SMILES string of the molecule is COc1ccc(N2CCN(C(=O)c3cc(S(=O)(=O)NC(C)(C)C)ccc3C)CC2)cc1. The number of methoxy groups -OCH3 is 1. The topological polar surface area (TPSA) is 79.0 Å². The molecule has 31 heavy (non-hydrogen) atoms. The summed E-state index contributed by atoms with van der Waals surface area (Å²) in [5, 5.41) is 0. The molecule has 1 aliphatic rings. The zero-order valence-electron chi connectivity index (χ0n) is 18.8. The highest BCUT2D eigenvalue weighted by atomic mass is 32.2. The fourth-order valence-corrected chi connectivity index (χ4v) is 5.04. The molecule has 0 spiro atoms. The number of hydrogen-bond acceptors (Lipinski definition) is 5. The Labute approximate surface area is 185 Å². The maximum atomic E-state index is 13.2. The van der Waals surface area contributed by atoms with Crippen molar-refractivity contribution in [3.63, 3.8) is 0 Å². The molecule has 3 rings (SSSR count). The van der Waals surface area contributed by atoms with E-state index in [-0.39, 0.29) is 10.8 Å². The van der Waals surface area contributed by atoms with Crippen molar-refractivity contribution in [3.05, 3.63) is 53.6 Å². The highest BCUT2D eigenvalue weighted by Crippen LogP contribution is 2.23. The fourth-order valence-electron chi connectivity index (χ4n) is 3.59. The molecule has 1 N–H and O–H groups in total. The Morgan fingerprint density at radius 3 is 2.16 bits per heavy atom. The molecule has 0 unspecified atom stereocenters. The van der Waals surface area contributed by atoms with Crippen LogP contribution in [-0.4, -0.2) is 58.1 Å². The third-order valence-corrected chi connectivity index (χ3v) is 6.95. The maximum absolute atomic E-state index is 13.2. The molecule has 8 heteroatoms. The van der Waals surface area contributed by atoms with E-state index in [0.717, 1.165) is 17.0 Å². The summed E-state index contributed by atoms with van der Waals surface area (Å²) in [6, 6.07) is 12.6. The quantitative estimate of drug-likeness (QED) is 0.765. The van der Waals surface area contributed by atoms with E-state index in [4.69, 9.17) is 4.74 Å². The summed E-state index contributed by atoms with van der Waals surface area (Å²) in [6.45, 7) is 9.74. The first-order chi connectivity index (χ1) is 14.5. The number of nitrogens with zero attached hydrogens (tertiary/aromatic N) is 2. The molecule has 0 radical (unpaired) electrons. The largest absolute Gasteiger partial charge is 0.497 e. The summed E-state index contributed by atoms with van der Waals surface area (Å²) in [4.78, 5) is 17.3. The van der Waals surface area contributed by atoms with Crippen LogP contribution in [-0.2, 0) is 10.0 Å². The van der Waals surface area contributed by atoms with Gasteiger partial charge in [0.25, 0.3) is 5.91 Å². The standard InChI is InChI=1S/C23H31N3O4S/c1-17-6-11-20(31(28,29)24-23(2,3)4)16-21(17)22(27)26-14-12-25(13-15-26)18-7-9-19(30-5)10-8-18/h6-11,16,24H,12-15H2,1-5H3. The molecule has 0 aliphatic carbocycles. The van der Waals surface area contributed by atoms with E-state index in [1.165, 1.54) is 6.07 Å². The molecule has 1 heterocycles. The van der Waals surface area contributed by atoms with Gasteiger partial charge in [0.05, 0.1) is 12.0 Å². The van der Waals surface area contributed by atoms with Gasteiger partial charge in [-0.3, -0.25) is 4.79 Å². The van der Waals surface area contributed by atoms with Crippen molar-refractivity contribution in [3.8, 4) is 5.75 Å². The first kappa shape index (κ1) is 23.1. The highest BCUT2D eigenvalue weighted by Gasteiger charge is 2.27. The van der Waals surface area contributed by atoms with E-state index in [1.807, 2.05) is 31.2 Å². The van der Waals surface area contributed by atoms with E-state index in [2.05, 4.69) is 9.62 Å². The van der Waals surface area contributed by atoms with Crippen molar-refractivity contribution in [2.45, 2.75) is 38.1 Å². The second-order valence-corrected chi connectivity index (χ2v) is 10.5. The molecule has 2 aromatic carbocycles. The molecular formula is C23H31N3O4S. The van der Waals surface area contributed by atoms with Crippen LogP contribution in [0.4, 0.5) is 5.69 Å². The molecule has 168 valence electrons. The van der Waals surface area contributed by atoms with Gasteiger partial charge >= 0.3 is 0 Å². The average Bonchev–Trinajstić information content (AvgIpc) is 2.72. The van der Waals surface area contributed by atoms with E-state index in [0.29, 0.717) is 31.7 Å². The predicted molar refractivity (Wildman–Crippen MR) is 122 cm³/mol. The summed E-state index contributed by atoms with van der Waals surface area (Å²) in [7, 11) is -2.07. The van der Waals surface area contributed by atoms with Crippen molar-refractivity contribution in [1.82, 2.24) is 9.62 Å². The first-order valence-electron chi connectivity index (χ1n) is 10.3. The molecule has 0 bridgehead atoms. The lowest BCUT2D eigenvalue weighted by molar-refractivity contribution is 0.0746. The van der Waals surface area contributed by atoms with Gasteiger partial charge < -0.3 is 14.5 Å². The van der Waals surface area contributed by atoms with Gasteiger partial charge in [0, 0.05) is 43.0 Å². The molecule has 1 aliphatic heterocycles. The number of amides is 1. The molecule has 0 atom stereocenters. The molecule has 0 aromatic heterocycles. The Hall–Kier alpha value is -2.58. The summed E-state index contributed by atoms with van der Waals surface area (Å²) < 4.78 is 33.3. The Bertz CT molecular complexity index is 1040. The van der Waals surface area contributed by atoms with Gasteiger partial charge in [-0.05, 0) is 69.7 Å². The van der Waals surface area contributed by atoms with Gasteiger partial charge in [0.1, 0.15) is 5.75 Å². The minimum atomic E-state index is -3.71. The number of sulfonamides is 1. The lowest BCUT2D eigenvalue weighted by Gasteiger charge is -2.36. The third kappa shape index (κ3) is 5.57. The Balaban J connectivity index is 1.73. The van der Waals surface area contributed by atoms with Gasteiger partial charge in [-0.2, -0.15) is 0 Å². The number of aryl methyl sites for hydroxylation is 1. The van der Waals surface area contributed by atoms with Crippen LogP contribution in [0, 0.1) is 6.92 Å². The van der Waals surface area contributed by atoms with E-state index < -0.39 is 15.6 Å². The summed E-state index contributed by atoms with van der Waals surface area (Å²) >= 11 is 0. The second-order valence-electron chi connectivity index (χ2n) is 8.81. The predicted octanol–water partition coefficient (Wildman–Crippen LogP) is 3.04. The van der Waals surface area contributed by atoms with E-state index >= 15 is 0 Å². The van der Waals surface area contributed by atoms with Gasteiger partial charge in [0.15, 0.2) is 0 Å². The number of benzene rings is 2. The molecule has 1 saturated heterocycles. The molecule has 2 aromatic rings. The number of hydrogen-bond donors (Lipinski definition) is 1. The first-order valence-corrected chi connectivity index (χ1v) is 11.8. The van der Waals surface area contributed by atoms with Crippen LogP contribution in [0.1, 0.15) is 36.7 Å². The van der Waals surface area contributed by atoms with Crippen molar-refractivity contribution >= 4 is 21.6 Å². The fraction of sp³-hybridized carbons (Fsp3) is 0.435. The lowest BCUT2D eigenvalue weighted by atomic mass is 10.1. The van der Waals surface area contributed by atoms with Crippen LogP contribution >= 0.6 is 0 Å². The van der Waals surface area contributed by atoms with Crippen molar-refractivity contribution < 1.29 is 17.9 Å². The summed E-state index contributed by atoms with van der Waals surface area (Å²) in [6.07, 6.45) is 0. The number of carbonyl (C=O) groups is 1. The Morgan fingerprint density at radius 1 is 1.00 bits per heavy atom. The van der Waals surface area contributed by atoms with Gasteiger partial charge in [-0.25, -0.2) is 13.1 Å². The second kappa shape index (κ2) is 8.88. The van der Waals surface area contributed by atoms with E-state index in [9.17, 15) is 13.2 Å². The number of nitrogens with one attached hydrogen (secondary N) is 1. The maximum Gasteiger partial charge on any atom is 0.254 e. The van der Waals surface area contributed by atoms with Crippen molar-refractivity contribution in [2.75, 3.05) is 38.2 Å². The molecule has 7 nitrogen and oxygen atoms in total. The van der Waals surface area contributed by atoms with Gasteiger partial charge in [-0.15, -0.1) is 0 Å². The number of carbonyl (C=O) groups excluding carboxylic acids is 1. The van der Waals surface area contributed by atoms with Crippen molar-refractivity contribution in [1.29, 1.82) is 0 Å². The van der Waals surface area contributed by atoms with Crippen LogP contribution in [0.25, 0.3) is 0 Å². The molecular weight excluding hydrogens is 414 g/mol. The van der Waals surface area contributed by atoms with Crippen LogP contribution < -0.4 is 14.4 Å². The van der Waals surface area contributed by atoms with E-state index in [1.54, 1.807) is 44.9 Å². The van der Waals surface area contributed by atoms with Gasteiger partial charge in [0.2, 0.25) is 10.0 Å². The normalized spacial score (nSPS) is 15.1. The van der Waals surface area contributed by atoms with Crippen LogP contribution in [0.3, 0.4) is 0 Å². The zero-order chi connectivity index (χ0) is 22.8. The molecule has 1 fully saturated rings.